The molecule has 204 valence electrons. The SMILES string of the molecule is COCCNc1ncc(-c2cnc3[nH]cc(C(=O)c4c(F)ccc(NS(=O)c5cccc(F)c5)c4F)c3c2)cn1. The monoisotopic (exact) mass is 566 g/mol. The van der Waals surface area contributed by atoms with Gasteiger partial charge < -0.3 is 15.0 Å². The molecule has 0 aliphatic rings. The molecule has 0 saturated heterocycles. The van der Waals surface area contributed by atoms with Gasteiger partial charge in [-0.05, 0) is 36.4 Å². The number of rotatable bonds is 10. The number of carbonyl (C=O) groups excluding carboxylic acids is 1. The number of aromatic nitrogens is 4. The minimum atomic E-state index is -2.07. The lowest BCUT2D eigenvalue weighted by molar-refractivity contribution is 0.103. The van der Waals surface area contributed by atoms with Crippen molar-refractivity contribution in [2.45, 2.75) is 4.90 Å². The predicted molar refractivity (Wildman–Crippen MR) is 144 cm³/mol. The first-order chi connectivity index (χ1) is 19.4. The average molecular weight is 567 g/mol. The summed E-state index contributed by atoms with van der Waals surface area (Å²) in [7, 11) is -0.487. The Hall–Kier alpha value is -4.62. The van der Waals surface area contributed by atoms with E-state index in [0.717, 1.165) is 18.2 Å². The summed E-state index contributed by atoms with van der Waals surface area (Å²) < 4.78 is 63.7. The van der Waals surface area contributed by atoms with Gasteiger partial charge in [0.1, 0.15) is 28.3 Å². The summed E-state index contributed by atoms with van der Waals surface area (Å²) in [6.45, 7) is 1.02. The zero-order valence-corrected chi connectivity index (χ0v) is 21.7. The summed E-state index contributed by atoms with van der Waals surface area (Å²) in [5.74, 6) is -3.51. The van der Waals surface area contributed by atoms with Gasteiger partial charge in [-0.3, -0.25) is 9.52 Å². The maximum Gasteiger partial charge on any atom is 0.222 e. The van der Waals surface area contributed by atoms with Crippen LogP contribution in [0.1, 0.15) is 15.9 Å². The molecule has 0 amide bonds. The van der Waals surface area contributed by atoms with E-state index in [1.54, 1.807) is 31.8 Å². The Balaban J connectivity index is 1.44. The number of anilines is 2. The minimum absolute atomic E-state index is 0.0238. The Morgan fingerprint density at radius 3 is 2.55 bits per heavy atom. The number of nitrogens with zero attached hydrogens (tertiary/aromatic N) is 3. The van der Waals surface area contributed by atoms with Crippen molar-refractivity contribution in [1.29, 1.82) is 0 Å². The van der Waals surface area contributed by atoms with E-state index in [9.17, 15) is 17.8 Å². The van der Waals surface area contributed by atoms with E-state index in [1.807, 2.05) is 0 Å². The number of carbonyl (C=O) groups is 1. The predicted octanol–water partition coefficient (Wildman–Crippen LogP) is 4.86. The van der Waals surface area contributed by atoms with Crippen LogP contribution in [0, 0.1) is 17.5 Å². The van der Waals surface area contributed by atoms with Crippen molar-refractivity contribution < 1.29 is 26.9 Å². The van der Waals surface area contributed by atoms with Crippen LogP contribution in [0.2, 0.25) is 0 Å². The Kier molecular flexibility index (Phi) is 7.84. The molecule has 0 spiro atoms. The number of fused-ring (bicyclic) bond motifs is 1. The quantitative estimate of drug-likeness (QED) is 0.163. The molecule has 0 fully saturated rings. The van der Waals surface area contributed by atoms with Crippen LogP contribution in [-0.2, 0) is 15.7 Å². The summed E-state index contributed by atoms with van der Waals surface area (Å²) in [6, 6.07) is 8.46. The number of hydrogen-bond acceptors (Lipinski definition) is 7. The van der Waals surface area contributed by atoms with Crippen LogP contribution in [0.3, 0.4) is 0 Å². The van der Waals surface area contributed by atoms with Crippen LogP contribution in [0.15, 0.2) is 72.1 Å². The summed E-state index contributed by atoms with van der Waals surface area (Å²) in [4.78, 5) is 29.1. The lowest BCUT2D eigenvalue weighted by Crippen LogP contribution is -2.12. The summed E-state index contributed by atoms with van der Waals surface area (Å²) in [5.41, 5.74) is 0.253. The number of pyridine rings is 1. The maximum absolute atomic E-state index is 15.4. The highest BCUT2D eigenvalue weighted by molar-refractivity contribution is 7.86. The second kappa shape index (κ2) is 11.6. The molecule has 1 atom stereocenters. The molecule has 13 heteroatoms. The zero-order chi connectivity index (χ0) is 28.2. The third kappa shape index (κ3) is 5.55. The number of halogens is 3. The van der Waals surface area contributed by atoms with Gasteiger partial charge >= 0.3 is 0 Å². The van der Waals surface area contributed by atoms with E-state index in [2.05, 4.69) is 30.0 Å². The minimum Gasteiger partial charge on any atom is -0.383 e. The molecular weight excluding hydrogens is 545 g/mol. The zero-order valence-electron chi connectivity index (χ0n) is 20.9. The number of benzene rings is 2. The van der Waals surface area contributed by atoms with Gasteiger partial charge in [-0.1, -0.05) is 6.07 Å². The van der Waals surface area contributed by atoms with Crippen molar-refractivity contribution in [3.8, 4) is 11.1 Å². The first-order valence-corrected chi connectivity index (χ1v) is 13.0. The molecule has 0 saturated carbocycles. The van der Waals surface area contributed by atoms with Gasteiger partial charge in [0.25, 0.3) is 0 Å². The number of nitrogens with one attached hydrogen (secondary N) is 3. The molecule has 0 aliphatic carbocycles. The molecule has 0 radical (unpaired) electrons. The van der Waals surface area contributed by atoms with Crippen LogP contribution in [-0.4, -0.2) is 50.2 Å². The molecule has 5 rings (SSSR count). The smallest absolute Gasteiger partial charge is 0.222 e. The number of hydrogen-bond donors (Lipinski definition) is 3. The van der Waals surface area contributed by atoms with Gasteiger partial charge in [-0.2, -0.15) is 0 Å². The van der Waals surface area contributed by atoms with Crippen LogP contribution < -0.4 is 10.0 Å². The molecule has 3 N–H and O–H groups in total. The van der Waals surface area contributed by atoms with Gasteiger partial charge in [0, 0.05) is 60.5 Å². The van der Waals surface area contributed by atoms with E-state index in [-0.39, 0.29) is 16.1 Å². The van der Waals surface area contributed by atoms with E-state index in [0.29, 0.717) is 41.3 Å². The molecule has 0 aliphatic heterocycles. The molecule has 40 heavy (non-hydrogen) atoms. The Morgan fingerprint density at radius 2 is 1.80 bits per heavy atom. The van der Waals surface area contributed by atoms with E-state index in [1.165, 1.54) is 24.4 Å². The Labute approximate surface area is 228 Å². The largest absolute Gasteiger partial charge is 0.383 e. The van der Waals surface area contributed by atoms with Gasteiger partial charge in [0.15, 0.2) is 5.82 Å². The molecule has 9 nitrogen and oxygen atoms in total. The fraction of sp³-hybridized carbons (Fsp3) is 0.111. The average Bonchev–Trinajstić information content (AvgIpc) is 3.38. The van der Waals surface area contributed by atoms with E-state index < -0.39 is 39.8 Å². The van der Waals surface area contributed by atoms with Crippen LogP contribution in [0.4, 0.5) is 24.8 Å². The molecule has 3 aromatic heterocycles. The van der Waals surface area contributed by atoms with E-state index >= 15 is 4.39 Å². The number of H-pyrrole nitrogens is 1. The third-order valence-corrected chi connectivity index (χ3v) is 6.97. The number of ether oxygens (including phenoxy) is 1. The molecule has 2 aromatic carbocycles. The lowest BCUT2D eigenvalue weighted by Gasteiger charge is -2.11. The van der Waals surface area contributed by atoms with Crippen molar-refractivity contribution in [2.75, 3.05) is 30.3 Å². The highest BCUT2D eigenvalue weighted by Crippen LogP contribution is 2.29. The van der Waals surface area contributed by atoms with Crippen molar-refractivity contribution in [3.05, 3.63) is 95.8 Å². The highest BCUT2D eigenvalue weighted by atomic mass is 32.2. The normalized spacial score (nSPS) is 11.9. The highest BCUT2D eigenvalue weighted by Gasteiger charge is 2.25. The second-order valence-corrected chi connectivity index (χ2v) is 9.69. The van der Waals surface area contributed by atoms with Gasteiger partial charge in [0.2, 0.25) is 11.7 Å². The molecule has 3 heterocycles. The molecule has 0 bridgehead atoms. The Morgan fingerprint density at radius 1 is 1.02 bits per heavy atom. The fourth-order valence-electron chi connectivity index (χ4n) is 3.90. The van der Waals surface area contributed by atoms with E-state index in [4.69, 9.17) is 4.74 Å². The third-order valence-electron chi connectivity index (χ3n) is 5.88. The summed E-state index contributed by atoms with van der Waals surface area (Å²) in [5, 5.41) is 3.33. The molecular formula is C27H21F3N6O3S. The molecule has 5 aromatic rings. The van der Waals surface area contributed by atoms with Crippen molar-refractivity contribution in [2.24, 2.45) is 0 Å². The summed E-state index contributed by atoms with van der Waals surface area (Å²) >= 11 is 0. The first-order valence-electron chi connectivity index (χ1n) is 11.8. The maximum atomic E-state index is 15.4. The van der Waals surface area contributed by atoms with Crippen LogP contribution >= 0.6 is 0 Å². The van der Waals surface area contributed by atoms with Crippen molar-refractivity contribution in [1.82, 2.24) is 19.9 Å². The number of aromatic amines is 1. The Bertz CT molecular complexity index is 1730. The second-order valence-electron chi connectivity index (χ2n) is 8.48. The summed E-state index contributed by atoms with van der Waals surface area (Å²) in [6.07, 6.45) is 6.02. The van der Waals surface area contributed by atoms with Crippen molar-refractivity contribution >= 4 is 39.4 Å². The van der Waals surface area contributed by atoms with Gasteiger partial charge in [-0.15, -0.1) is 0 Å². The lowest BCUT2D eigenvalue weighted by atomic mass is 10.0. The van der Waals surface area contributed by atoms with Gasteiger partial charge in [-0.25, -0.2) is 32.3 Å². The number of methoxy groups -OCH3 is 1. The van der Waals surface area contributed by atoms with Crippen LogP contribution in [0.5, 0.6) is 0 Å². The molecule has 1 unspecified atom stereocenters. The van der Waals surface area contributed by atoms with Crippen molar-refractivity contribution in [3.63, 3.8) is 0 Å². The first kappa shape index (κ1) is 27.0. The fourth-order valence-corrected chi connectivity index (χ4v) is 4.79. The number of ketones is 1. The van der Waals surface area contributed by atoms with Gasteiger partial charge in [0.05, 0.1) is 22.8 Å². The van der Waals surface area contributed by atoms with Crippen LogP contribution in [0.25, 0.3) is 22.2 Å². The standard InChI is InChI=1S/C27H21F3N6O3S/c1-39-8-7-31-27-34-12-16(13-35-27)15-9-19-20(14-33-26(19)32-11-15)25(37)23-21(29)5-6-22(24(23)30)36-40(38)18-4-2-3-17(28)10-18/h2-6,9-14,36H,7-8H2,1H3,(H,32,33)(H,31,34,35). The topological polar surface area (TPSA) is 122 Å².